The van der Waals surface area contributed by atoms with E-state index >= 15 is 0 Å². The minimum atomic E-state index is -1.48. The van der Waals surface area contributed by atoms with Crippen molar-refractivity contribution in [2.75, 3.05) is 5.32 Å². The summed E-state index contributed by atoms with van der Waals surface area (Å²) in [6.07, 6.45) is 0. The summed E-state index contributed by atoms with van der Waals surface area (Å²) in [5.74, 6) is -3.91. The molecule has 0 aliphatic heterocycles. The fraction of sp³-hybridized carbons (Fsp3) is 0.0769. The van der Waals surface area contributed by atoms with Crippen LogP contribution < -0.4 is 5.32 Å². The number of hydrogen-bond donors (Lipinski definition) is 1. The quantitative estimate of drug-likeness (QED) is 0.818. The van der Waals surface area contributed by atoms with E-state index < -0.39 is 17.5 Å². The van der Waals surface area contributed by atoms with E-state index in [4.69, 9.17) is 11.6 Å². The van der Waals surface area contributed by atoms with Crippen LogP contribution in [0.4, 0.5) is 18.9 Å². The van der Waals surface area contributed by atoms with E-state index in [0.29, 0.717) is 5.02 Å². The molecule has 0 bridgehead atoms. The summed E-state index contributed by atoms with van der Waals surface area (Å²) in [6, 6.07) is 8.98. The van der Waals surface area contributed by atoms with Crippen LogP contribution in [0, 0.1) is 17.5 Å². The lowest BCUT2D eigenvalue weighted by atomic mass is 10.2. The number of anilines is 1. The molecule has 0 unspecified atom stereocenters. The maximum atomic E-state index is 13.3. The number of rotatable bonds is 3. The molecule has 0 aliphatic carbocycles. The topological polar surface area (TPSA) is 12.0 Å². The van der Waals surface area contributed by atoms with Gasteiger partial charge in [-0.05, 0) is 29.8 Å². The summed E-state index contributed by atoms with van der Waals surface area (Å²) in [4.78, 5) is 0. The van der Waals surface area contributed by atoms with Gasteiger partial charge in [-0.25, -0.2) is 13.2 Å². The third-order valence-corrected chi connectivity index (χ3v) is 2.64. The van der Waals surface area contributed by atoms with E-state index in [-0.39, 0.29) is 12.2 Å². The Morgan fingerprint density at radius 2 is 1.78 bits per heavy atom. The minimum Gasteiger partial charge on any atom is -0.379 e. The van der Waals surface area contributed by atoms with Crippen molar-refractivity contribution in [1.82, 2.24) is 0 Å². The predicted molar refractivity (Wildman–Crippen MR) is 65.1 cm³/mol. The van der Waals surface area contributed by atoms with Gasteiger partial charge in [0.1, 0.15) is 0 Å². The Balaban J connectivity index is 2.14. The van der Waals surface area contributed by atoms with E-state index in [0.717, 1.165) is 17.7 Å². The fourth-order valence-electron chi connectivity index (χ4n) is 1.51. The molecule has 18 heavy (non-hydrogen) atoms. The average Bonchev–Trinajstić information content (AvgIpc) is 2.35. The van der Waals surface area contributed by atoms with E-state index in [1.165, 1.54) is 0 Å². The van der Waals surface area contributed by atoms with Gasteiger partial charge >= 0.3 is 0 Å². The van der Waals surface area contributed by atoms with E-state index in [9.17, 15) is 13.2 Å². The van der Waals surface area contributed by atoms with Gasteiger partial charge in [0.2, 0.25) is 0 Å². The molecule has 0 saturated carbocycles. The van der Waals surface area contributed by atoms with Crippen molar-refractivity contribution < 1.29 is 13.2 Å². The van der Waals surface area contributed by atoms with Crippen LogP contribution in [-0.4, -0.2) is 0 Å². The average molecular weight is 272 g/mol. The maximum Gasteiger partial charge on any atom is 0.196 e. The Morgan fingerprint density at radius 3 is 2.50 bits per heavy atom. The first-order valence-corrected chi connectivity index (χ1v) is 5.57. The van der Waals surface area contributed by atoms with Gasteiger partial charge in [-0.15, -0.1) is 0 Å². The van der Waals surface area contributed by atoms with Crippen molar-refractivity contribution in [1.29, 1.82) is 0 Å². The van der Waals surface area contributed by atoms with Crippen LogP contribution in [0.1, 0.15) is 5.56 Å². The normalized spacial score (nSPS) is 10.4. The van der Waals surface area contributed by atoms with Gasteiger partial charge in [0.05, 0.1) is 5.69 Å². The second-order valence-electron chi connectivity index (χ2n) is 3.71. The zero-order valence-electron chi connectivity index (χ0n) is 9.18. The van der Waals surface area contributed by atoms with Crippen LogP contribution in [0.25, 0.3) is 0 Å². The maximum absolute atomic E-state index is 13.3. The molecule has 0 fully saturated rings. The van der Waals surface area contributed by atoms with Crippen LogP contribution in [0.15, 0.2) is 36.4 Å². The number of halogens is 4. The lowest BCUT2D eigenvalue weighted by Crippen LogP contribution is -2.03. The largest absolute Gasteiger partial charge is 0.379 e. The highest BCUT2D eigenvalue weighted by molar-refractivity contribution is 6.30. The molecule has 0 aromatic heterocycles. The first-order valence-electron chi connectivity index (χ1n) is 5.20. The monoisotopic (exact) mass is 271 g/mol. The Kier molecular flexibility index (Phi) is 3.77. The molecule has 1 N–H and O–H groups in total. The highest BCUT2D eigenvalue weighted by atomic mass is 35.5. The molecule has 2 aromatic rings. The highest BCUT2D eigenvalue weighted by Gasteiger charge is 2.12. The molecule has 0 atom stereocenters. The van der Waals surface area contributed by atoms with Crippen molar-refractivity contribution in [2.45, 2.75) is 6.54 Å². The molecule has 2 aromatic carbocycles. The molecule has 0 spiro atoms. The van der Waals surface area contributed by atoms with Gasteiger partial charge in [-0.2, -0.15) is 0 Å². The molecule has 0 aliphatic rings. The summed E-state index contributed by atoms with van der Waals surface area (Å²) in [7, 11) is 0. The molecule has 0 amide bonds. The van der Waals surface area contributed by atoms with Crippen LogP contribution in [0.5, 0.6) is 0 Å². The van der Waals surface area contributed by atoms with Gasteiger partial charge in [0, 0.05) is 11.6 Å². The molecule has 5 heteroatoms. The van der Waals surface area contributed by atoms with Crippen LogP contribution in [0.3, 0.4) is 0 Å². The highest BCUT2D eigenvalue weighted by Crippen LogP contribution is 2.20. The first-order chi connectivity index (χ1) is 8.58. The Bertz CT molecular complexity index is 572. The smallest absolute Gasteiger partial charge is 0.196 e. The zero-order chi connectivity index (χ0) is 13.1. The van der Waals surface area contributed by atoms with Gasteiger partial charge < -0.3 is 5.32 Å². The molecule has 1 nitrogen and oxygen atoms in total. The van der Waals surface area contributed by atoms with E-state index in [1.807, 2.05) is 0 Å². The Labute approximate surface area is 107 Å². The van der Waals surface area contributed by atoms with Gasteiger partial charge in [-0.3, -0.25) is 0 Å². The second-order valence-corrected chi connectivity index (χ2v) is 4.14. The van der Waals surface area contributed by atoms with Crippen molar-refractivity contribution >= 4 is 17.3 Å². The molecule has 0 saturated heterocycles. The van der Waals surface area contributed by atoms with Gasteiger partial charge in [-0.1, -0.05) is 23.7 Å². The summed E-state index contributed by atoms with van der Waals surface area (Å²) >= 11 is 5.79. The summed E-state index contributed by atoms with van der Waals surface area (Å²) in [6.45, 7) is 0.266. The number of nitrogens with one attached hydrogen (secondary N) is 1. The third kappa shape index (κ3) is 2.76. The fourth-order valence-corrected chi connectivity index (χ4v) is 1.72. The number of benzene rings is 2. The predicted octanol–water partition coefficient (Wildman–Crippen LogP) is 4.37. The number of hydrogen-bond acceptors (Lipinski definition) is 1. The Hall–Kier alpha value is -1.68. The Morgan fingerprint density at radius 1 is 1.00 bits per heavy atom. The molecule has 2 rings (SSSR count). The molecule has 0 radical (unpaired) electrons. The summed E-state index contributed by atoms with van der Waals surface area (Å²) in [5.41, 5.74) is 0.723. The SMILES string of the molecule is Fc1ccc(NCc2cccc(Cl)c2)c(F)c1F. The van der Waals surface area contributed by atoms with Crippen LogP contribution in [-0.2, 0) is 6.54 Å². The lowest BCUT2D eigenvalue weighted by Gasteiger charge is -2.08. The van der Waals surface area contributed by atoms with Gasteiger partial charge in [0.25, 0.3) is 0 Å². The van der Waals surface area contributed by atoms with Gasteiger partial charge in [0.15, 0.2) is 17.5 Å². The zero-order valence-corrected chi connectivity index (χ0v) is 9.94. The van der Waals surface area contributed by atoms with Crippen LogP contribution in [0.2, 0.25) is 5.02 Å². The van der Waals surface area contributed by atoms with Crippen LogP contribution >= 0.6 is 11.6 Å². The lowest BCUT2D eigenvalue weighted by molar-refractivity contribution is 0.449. The summed E-state index contributed by atoms with van der Waals surface area (Å²) in [5, 5.41) is 3.24. The van der Waals surface area contributed by atoms with Crippen molar-refractivity contribution in [3.63, 3.8) is 0 Å². The van der Waals surface area contributed by atoms with E-state index in [1.54, 1.807) is 24.3 Å². The van der Waals surface area contributed by atoms with Crippen molar-refractivity contribution in [3.05, 3.63) is 64.4 Å². The molecular formula is C13H9ClF3N. The molecule has 0 heterocycles. The second kappa shape index (κ2) is 5.31. The third-order valence-electron chi connectivity index (χ3n) is 2.41. The summed E-state index contributed by atoms with van der Waals surface area (Å²) < 4.78 is 39.0. The van der Waals surface area contributed by atoms with E-state index in [2.05, 4.69) is 5.32 Å². The molecular weight excluding hydrogens is 263 g/mol. The van der Waals surface area contributed by atoms with Crippen molar-refractivity contribution in [3.8, 4) is 0 Å². The van der Waals surface area contributed by atoms with Crippen molar-refractivity contribution in [2.24, 2.45) is 0 Å². The standard InChI is InChI=1S/C13H9ClF3N/c14-9-3-1-2-8(6-9)7-18-11-5-4-10(15)12(16)13(11)17/h1-6,18H,7H2. The first kappa shape index (κ1) is 12.8. The minimum absolute atomic E-state index is 0.0890. The molecule has 94 valence electrons.